The van der Waals surface area contributed by atoms with Gasteiger partial charge in [-0.05, 0) is 31.8 Å². The number of rotatable bonds is 2. The van der Waals surface area contributed by atoms with Crippen LogP contribution in [0.25, 0.3) is 0 Å². The first-order valence-electron chi connectivity index (χ1n) is 4.81. The molecule has 1 fully saturated rings. The number of hydrogen-bond acceptors (Lipinski definition) is 2. The fraction of sp³-hybridized carbons (Fsp3) is 0.667. The van der Waals surface area contributed by atoms with E-state index in [9.17, 15) is 4.79 Å². The molecule has 1 aromatic heterocycles. The summed E-state index contributed by atoms with van der Waals surface area (Å²) in [5, 5.41) is 6.25. The highest BCUT2D eigenvalue weighted by molar-refractivity contribution is 4.81. The van der Waals surface area contributed by atoms with Gasteiger partial charge in [-0.25, -0.2) is 0 Å². The molecule has 1 saturated heterocycles. The van der Waals surface area contributed by atoms with Gasteiger partial charge in [-0.2, -0.15) is 0 Å². The van der Waals surface area contributed by atoms with E-state index < -0.39 is 0 Å². The van der Waals surface area contributed by atoms with Gasteiger partial charge < -0.3 is 10.4 Å². The summed E-state index contributed by atoms with van der Waals surface area (Å²) in [5.41, 5.74) is 0.0820. The second-order valence-electron chi connectivity index (χ2n) is 3.60. The summed E-state index contributed by atoms with van der Waals surface area (Å²) in [5.74, 6) is 0.651. The SMILES string of the molecule is O=c1cc[nH]n1CC1CCNCC1. The van der Waals surface area contributed by atoms with Crippen molar-refractivity contribution in [1.82, 2.24) is 15.1 Å². The zero-order chi connectivity index (χ0) is 9.10. The molecule has 1 aromatic rings. The predicted molar refractivity (Wildman–Crippen MR) is 50.6 cm³/mol. The number of hydrogen-bond donors (Lipinski definition) is 2. The molecule has 0 amide bonds. The standard InChI is InChI=1S/C9H15N3O/c13-9-3-6-11-12(9)7-8-1-4-10-5-2-8/h3,6,8,10-11H,1-2,4-5,7H2. The molecule has 0 radical (unpaired) electrons. The molecule has 0 atom stereocenters. The Morgan fingerprint density at radius 2 is 2.23 bits per heavy atom. The van der Waals surface area contributed by atoms with E-state index in [-0.39, 0.29) is 5.56 Å². The summed E-state index contributed by atoms with van der Waals surface area (Å²) >= 11 is 0. The fourth-order valence-corrected chi connectivity index (χ4v) is 1.82. The summed E-state index contributed by atoms with van der Waals surface area (Å²) in [6.07, 6.45) is 4.04. The van der Waals surface area contributed by atoms with E-state index in [0.717, 1.165) is 19.6 Å². The van der Waals surface area contributed by atoms with Crippen LogP contribution in [-0.2, 0) is 6.54 Å². The molecule has 4 heteroatoms. The maximum absolute atomic E-state index is 11.2. The van der Waals surface area contributed by atoms with Crippen molar-refractivity contribution < 1.29 is 0 Å². The van der Waals surface area contributed by atoms with Crippen molar-refractivity contribution in [1.29, 1.82) is 0 Å². The first-order valence-corrected chi connectivity index (χ1v) is 4.81. The van der Waals surface area contributed by atoms with Gasteiger partial charge in [0, 0.05) is 18.8 Å². The monoisotopic (exact) mass is 181 g/mol. The topological polar surface area (TPSA) is 49.8 Å². The predicted octanol–water partition coefficient (Wildman–Crippen LogP) is 0.176. The Morgan fingerprint density at radius 1 is 1.46 bits per heavy atom. The van der Waals surface area contributed by atoms with E-state index in [4.69, 9.17) is 0 Å². The van der Waals surface area contributed by atoms with E-state index in [1.165, 1.54) is 12.8 Å². The number of aromatic nitrogens is 2. The molecular formula is C9H15N3O. The van der Waals surface area contributed by atoms with E-state index in [1.54, 1.807) is 16.9 Å². The minimum Gasteiger partial charge on any atom is -0.317 e. The number of nitrogens with zero attached hydrogens (tertiary/aromatic N) is 1. The van der Waals surface area contributed by atoms with Crippen molar-refractivity contribution in [3.63, 3.8) is 0 Å². The maximum Gasteiger partial charge on any atom is 0.266 e. The molecule has 2 rings (SSSR count). The quantitative estimate of drug-likeness (QED) is 0.683. The van der Waals surface area contributed by atoms with Gasteiger partial charge in [-0.3, -0.25) is 9.48 Å². The molecule has 0 aliphatic carbocycles. The lowest BCUT2D eigenvalue weighted by Gasteiger charge is -2.22. The zero-order valence-electron chi connectivity index (χ0n) is 7.62. The summed E-state index contributed by atoms with van der Waals surface area (Å²) in [4.78, 5) is 11.2. The molecule has 1 aliphatic rings. The van der Waals surface area contributed by atoms with Crippen molar-refractivity contribution in [2.75, 3.05) is 13.1 Å². The lowest BCUT2D eigenvalue weighted by Crippen LogP contribution is -2.32. The van der Waals surface area contributed by atoms with Crippen LogP contribution in [0, 0.1) is 5.92 Å². The highest BCUT2D eigenvalue weighted by atomic mass is 16.1. The molecule has 1 aliphatic heterocycles. The largest absolute Gasteiger partial charge is 0.317 e. The Hall–Kier alpha value is -1.03. The molecule has 0 saturated carbocycles. The number of piperidine rings is 1. The van der Waals surface area contributed by atoms with E-state index in [2.05, 4.69) is 10.4 Å². The molecule has 0 aromatic carbocycles. The Balaban J connectivity index is 1.97. The zero-order valence-corrected chi connectivity index (χ0v) is 7.62. The van der Waals surface area contributed by atoms with Crippen LogP contribution in [0.4, 0.5) is 0 Å². The summed E-state index contributed by atoms with van der Waals surface area (Å²) < 4.78 is 1.69. The third kappa shape index (κ3) is 2.01. The van der Waals surface area contributed by atoms with Crippen LogP contribution in [0.1, 0.15) is 12.8 Å². The van der Waals surface area contributed by atoms with E-state index >= 15 is 0 Å². The molecular weight excluding hydrogens is 166 g/mol. The Labute approximate surface area is 76.9 Å². The van der Waals surface area contributed by atoms with Crippen LogP contribution in [0.5, 0.6) is 0 Å². The molecule has 0 bridgehead atoms. The maximum atomic E-state index is 11.2. The summed E-state index contributed by atoms with van der Waals surface area (Å²) in [6, 6.07) is 1.57. The van der Waals surface area contributed by atoms with Crippen LogP contribution in [0.2, 0.25) is 0 Å². The van der Waals surface area contributed by atoms with Gasteiger partial charge in [-0.1, -0.05) is 0 Å². The fourth-order valence-electron chi connectivity index (χ4n) is 1.82. The molecule has 13 heavy (non-hydrogen) atoms. The van der Waals surface area contributed by atoms with Crippen molar-refractivity contribution in [2.45, 2.75) is 19.4 Å². The lowest BCUT2D eigenvalue weighted by atomic mass is 9.98. The van der Waals surface area contributed by atoms with Crippen LogP contribution in [-0.4, -0.2) is 22.9 Å². The van der Waals surface area contributed by atoms with Crippen LogP contribution < -0.4 is 10.9 Å². The molecule has 0 spiro atoms. The van der Waals surface area contributed by atoms with Crippen molar-refractivity contribution >= 4 is 0 Å². The third-order valence-corrected chi connectivity index (χ3v) is 2.62. The van der Waals surface area contributed by atoms with Gasteiger partial charge in [0.2, 0.25) is 0 Å². The normalized spacial score (nSPS) is 19.1. The minimum atomic E-state index is 0.0820. The molecule has 0 unspecified atom stereocenters. The Bertz CT molecular complexity index is 309. The van der Waals surface area contributed by atoms with Gasteiger partial charge in [0.25, 0.3) is 5.56 Å². The van der Waals surface area contributed by atoms with Crippen molar-refractivity contribution in [3.8, 4) is 0 Å². The van der Waals surface area contributed by atoms with Crippen LogP contribution in [0.15, 0.2) is 17.1 Å². The van der Waals surface area contributed by atoms with Crippen molar-refractivity contribution in [3.05, 3.63) is 22.6 Å². The first kappa shape index (κ1) is 8.56. The average Bonchev–Trinajstić information content (AvgIpc) is 2.54. The lowest BCUT2D eigenvalue weighted by molar-refractivity contribution is 0.318. The van der Waals surface area contributed by atoms with E-state index in [0.29, 0.717) is 5.92 Å². The highest BCUT2D eigenvalue weighted by Crippen LogP contribution is 2.12. The molecule has 2 heterocycles. The molecule has 72 valence electrons. The molecule has 2 N–H and O–H groups in total. The second kappa shape index (κ2) is 3.79. The highest BCUT2D eigenvalue weighted by Gasteiger charge is 2.13. The van der Waals surface area contributed by atoms with Crippen LogP contribution in [0.3, 0.4) is 0 Å². The number of nitrogens with one attached hydrogen (secondary N) is 2. The summed E-state index contributed by atoms with van der Waals surface area (Å²) in [6.45, 7) is 3.01. The number of aromatic amines is 1. The first-order chi connectivity index (χ1) is 6.36. The van der Waals surface area contributed by atoms with Crippen molar-refractivity contribution in [2.24, 2.45) is 5.92 Å². The second-order valence-corrected chi connectivity index (χ2v) is 3.60. The summed E-state index contributed by atoms with van der Waals surface area (Å²) in [7, 11) is 0. The van der Waals surface area contributed by atoms with Gasteiger partial charge in [0.05, 0.1) is 0 Å². The Kier molecular flexibility index (Phi) is 2.49. The minimum absolute atomic E-state index is 0.0820. The average molecular weight is 181 g/mol. The third-order valence-electron chi connectivity index (χ3n) is 2.62. The van der Waals surface area contributed by atoms with E-state index in [1.807, 2.05) is 0 Å². The molecule has 4 nitrogen and oxygen atoms in total. The van der Waals surface area contributed by atoms with Gasteiger partial charge in [-0.15, -0.1) is 0 Å². The smallest absolute Gasteiger partial charge is 0.266 e. The van der Waals surface area contributed by atoms with Gasteiger partial charge in [0.15, 0.2) is 0 Å². The van der Waals surface area contributed by atoms with Gasteiger partial charge >= 0.3 is 0 Å². The Morgan fingerprint density at radius 3 is 2.85 bits per heavy atom. The van der Waals surface area contributed by atoms with Gasteiger partial charge in [0.1, 0.15) is 0 Å². The number of H-pyrrole nitrogens is 1. The van der Waals surface area contributed by atoms with Crippen LogP contribution >= 0.6 is 0 Å².